The van der Waals surface area contributed by atoms with Crippen LogP contribution in [0.4, 0.5) is 5.69 Å². The van der Waals surface area contributed by atoms with Crippen molar-refractivity contribution in [2.24, 2.45) is 0 Å². The fourth-order valence-electron chi connectivity index (χ4n) is 2.09. The fraction of sp³-hybridized carbons (Fsp3) is 0.611. The molecule has 1 aromatic rings. The second-order valence-electron chi connectivity index (χ2n) is 6.07. The first-order valence-corrected chi connectivity index (χ1v) is 8.48. The van der Waals surface area contributed by atoms with Crippen molar-refractivity contribution in [1.82, 2.24) is 0 Å². The van der Waals surface area contributed by atoms with Crippen LogP contribution in [0.3, 0.4) is 0 Å². The monoisotopic (exact) mass is 358 g/mol. The zero-order chi connectivity index (χ0) is 17.3. The molecular formula is C18H31ClN2O3. The number of nitrogen functional groups attached to an aromatic ring is 1. The molecule has 0 atom stereocenters. The Hall–Kier alpha value is -1.46. The number of benzene rings is 1. The quantitative estimate of drug-likeness (QED) is 0.279. The van der Waals surface area contributed by atoms with Crippen molar-refractivity contribution < 1.29 is 31.2 Å². The van der Waals surface area contributed by atoms with Crippen molar-refractivity contribution in [3.05, 3.63) is 23.8 Å². The molecule has 0 aliphatic carbocycles. The predicted molar refractivity (Wildman–Crippen MR) is 93.7 cm³/mol. The highest BCUT2D eigenvalue weighted by molar-refractivity contribution is 5.90. The SMILES string of the molecule is CCCCOc1cc(C(=O)OCC[N+](C)(CC)CC)ccc1N.[Cl-]. The van der Waals surface area contributed by atoms with Gasteiger partial charge in [0.15, 0.2) is 0 Å². The number of likely N-dealkylation sites (N-methyl/N-ethyl adjacent to an activating group) is 1. The molecule has 0 amide bonds. The second-order valence-corrected chi connectivity index (χ2v) is 6.07. The van der Waals surface area contributed by atoms with Gasteiger partial charge in [0.1, 0.15) is 18.9 Å². The summed E-state index contributed by atoms with van der Waals surface area (Å²) in [6, 6.07) is 5.04. The Kier molecular flexibility index (Phi) is 10.5. The number of anilines is 1. The minimum atomic E-state index is -0.330. The van der Waals surface area contributed by atoms with Gasteiger partial charge in [-0.3, -0.25) is 0 Å². The Morgan fingerprint density at radius 3 is 2.42 bits per heavy atom. The van der Waals surface area contributed by atoms with Gasteiger partial charge in [-0.05, 0) is 38.5 Å². The number of halogens is 1. The van der Waals surface area contributed by atoms with E-state index in [1.54, 1.807) is 18.2 Å². The van der Waals surface area contributed by atoms with Gasteiger partial charge in [0, 0.05) is 0 Å². The number of hydrogen-bond acceptors (Lipinski definition) is 4. The summed E-state index contributed by atoms with van der Waals surface area (Å²) in [6.45, 7) is 10.2. The number of nitrogens with zero attached hydrogens (tertiary/aromatic N) is 1. The van der Waals surface area contributed by atoms with Crippen molar-refractivity contribution >= 4 is 11.7 Å². The Bertz CT molecular complexity index is 505. The Labute approximate surface area is 152 Å². The van der Waals surface area contributed by atoms with Crippen LogP contribution in [0.5, 0.6) is 5.75 Å². The van der Waals surface area contributed by atoms with Gasteiger partial charge in [-0.2, -0.15) is 0 Å². The average Bonchev–Trinajstić information content (AvgIpc) is 2.56. The summed E-state index contributed by atoms with van der Waals surface area (Å²) in [5, 5.41) is 0. The molecule has 0 bridgehead atoms. The summed E-state index contributed by atoms with van der Waals surface area (Å²) in [6.07, 6.45) is 2.01. The zero-order valence-electron chi connectivity index (χ0n) is 15.3. The van der Waals surface area contributed by atoms with Crippen LogP contribution in [0, 0.1) is 0 Å². The fourth-order valence-corrected chi connectivity index (χ4v) is 2.09. The maximum atomic E-state index is 12.2. The van der Waals surface area contributed by atoms with Crippen molar-refractivity contribution in [3.63, 3.8) is 0 Å². The summed E-state index contributed by atoms with van der Waals surface area (Å²) < 4.78 is 11.9. The third-order valence-corrected chi connectivity index (χ3v) is 4.40. The van der Waals surface area contributed by atoms with Gasteiger partial charge in [0.05, 0.1) is 38.0 Å². The Balaban J connectivity index is 0.00000529. The lowest BCUT2D eigenvalue weighted by atomic mass is 10.2. The molecule has 0 fully saturated rings. The zero-order valence-corrected chi connectivity index (χ0v) is 16.1. The molecule has 0 spiro atoms. The first kappa shape index (κ1) is 22.5. The molecule has 0 heterocycles. The third-order valence-electron chi connectivity index (χ3n) is 4.40. The minimum absolute atomic E-state index is 0. The molecule has 5 nitrogen and oxygen atoms in total. The van der Waals surface area contributed by atoms with E-state index in [1.165, 1.54) is 0 Å². The van der Waals surface area contributed by atoms with Crippen molar-refractivity contribution in [3.8, 4) is 5.75 Å². The lowest BCUT2D eigenvalue weighted by Gasteiger charge is -2.31. The number of ether oxygens (including phenoxy) is 2. The van der Waals surface area contributed by atoms with Crippen molar-refractivity contribution in [1.29, 1.82) is 0 Å². The van der Waals surface area contributed by atoms with E-state index >= 15 is 0 Å². The van der Waals surface area contributed by atoms with Crippen LogP contribution in [0.25, 0.3) is 0 Å². The average molecular weight is 359 g/mol. The van der Waals surface area contributed by atoms with Gasteiger partial charge in [-0.15, -0.1) is 0 Å². The van der Waals surface area contributed by atoms with Crippen LogP contribution >= 0.6 is 0 Å². The van der Waals surface area contributed by atoms with E-state index in [0.717, 1.165) is 37.0 Å². The standard InChI is InChI=1S/C18H30N2O3.ClH/c1-5-8-12-22-17-14-15(9-10-16(17)19)18(21)23-13-11-20(4,6-2)7-3;/h9-10,14H,5-8,11-13H2,1-4H3,(H-,19,21);1H. The van der Waals surface area contributed by atoms with E-state index in [1.807, 2.05) is 0 Å². The van der Waals surface area contributed by atoms with E-state index in [2.05, 4.69) is 27.8 Å². The van der Waals surface area contributed by atoms with Crippen LogP contribution in [-0.4, -0.2) is 50.3 Å². The topological polar surface area (TPSA) is 61.5 Å². The molecule has 0 saturated heterocycles. The Morgan fingerprint density at radius 2 is 1.83 bits per heavy atom. The van der Waals surface area contributed by atoms with E-state index in [9.17, 15) is 4.79 Å². The first-order valence-electron chi connectivity index (χ1n) is 8.48. The lowest BCUT2D eigenvalue weighted by Crippen LogP contribution is -3.00. The predicted octanol–water partition coefficient (Wildman–Crippen LogP) is 0.0949. The van der Waals surface area contributed by atoms with E-state index < -0.39 is 0 Å². The normalized spacial score (nSPS) is 10.8. The summed E-state index contributed by atoms with van der Waals surface area (Å²) >= 11 is 0. The van der Waals surface area contributed by atoms with Gasteiger partial charge in [-0.1, -0.05) is 13.3 Å². The molecule has 1 rings (SSSR count). The van der Waals surface area contributed by atoms with Crippen LogP contribution < -0.4 is 22.9 Å². The number of unbranched alkanes of at least 4 members (excludes halogenated alkanes) is 1. The van der Waals surface area contributed by atoms with Crippen molar-refractivity contribution in [2.45, 2.75) is 33.6 Å². The molecule has 6 heteroatoms. The van der Waals surface area contributed by atoms with Crippen LogP contribution in [0.2, 0.25) is 0 Å². The summed E-state index contributed by atoms with van der Waals surface area (Å²) in [7, 11) is 2.16. The maximum Gasteiger partial charge on any atom is 0.338 e. The molecular weight excluding hydrogens is 328 g/mol. The summed E-state index contributed by atoms with van der Waals surface area (Å²) in [4.78, 5) is 12.2. The molecule has 0 radical (unpaired) electrons. The lowest BCUT2D eigenvalue weighted by molar-refractivity contribution is -0.906. The van der Waals surface area contributed by atoms with Crippen LogP contribution in [0.15, 0.2) is 18.2 Å². The number of carbonyl (C=O) groups is 1. The first-order chi connectivity index (χ1) is 11.0. The number of quaternary nitrogens is 1. The maximum absolute atomic E-state index is 12.2. The Morgan fingerprint density at radius 1 is 1.17 bits per heavy atom. The highest BCUT2D eigenvalue weighted by Gasteiger charge is 2.18. The molecule has 1 aromatic carbocycles. The molecule has 138 valence electrons. The molecule has 24 heavy (non-hydrogen) atoms. The largest absolute Gasteiger partial charge is 1.00 e. The molecule has 0 aromatic heterocycles. The van der Waals surface area contributed by atoms with Crippen molar-refractivity contribution in [2.75, 3.05) is 45.6 Å². The molecule has 2 N–H and O–H groups in total. The van der Waals surface area contributed by atoms with Gasteiger partial charge < -0.3 is 32.1 Å². The van der Waals surface area contributed by atoms with Gasteiger partial charge in [-0.25, -0.2) is 4.79 Å². The molecule has 0 aliphatic heterocycles. The number of rotatable bonds is 10. The van der Waals surface area contributed by atoms with Crippen LogP contribution in [0.1, 0.15) is 44.0 Å². The highest BCUT2D eigenvalue weighted by atomic mass is 35.5. The number of esters is 1. The van der Waals surface area contributed by atoms with Gasteiger partial charge in [0.25, 0.3) is 0 Å². The third kappa shape index (κ3) is 6.97. The minimum Gasteiger partial charge on any atom is -1.00 e. The molecule has 0 unspecified atom stereocenters. The number of carbonyl (C=O) groups excluding carboxylic acids is 1. The molecule has 0 aliphatic rings. The summed E-state index contributed by atoms with van der Waals surface area (Å²) in [5.74, 6) is 0.222. The molecule has 0 saturated carbocycles. The van der Waals surface area contributed by atoms with Gasteiger partial charge in [0.2, 0.25) is 0 Å². The van der Waals surface area contributed by atoms with Gasteiger partial charge >= 0.3 is 5.97 Å². The highest BCUT2D eigenvalue weighted by Crippen LogP contribution is 2.23. The van der Waals surface area contributed by atoms with E-state index in [4.69, 9.17) is 15.2 Å². The van der Waals surface area contributed by atoms with Crippen LogP contribution in [-0.2, 0) is 4.74 Å². The second kappa shape index (κ2) is 11.2. The number of hydrogen-bond donors (Lipinski definition) is 1. The van der Waals surface area contributed by atoms with E-state index in [0.29, 0.717) is 30.2 Å². The van der Waals surface area contributed by atoms with E-state index in [-0.39, 0.29) is 18.4 Å². The summed E-state index contributed by atoms with van der Waals surface area (Å²) in [5.41, 5.74) is 6.91. The smallest absolute Gasteiger partial charge is 0.338 e. The number of nitrogens with two attached hydrogens (primary N) is 1.